The molecule has 5 heteroatoms. The van der Waals surface area contributed by atoms with Crippen LogP contribution in [0.1, 0.15) is 37.7 Å². The van der Waals surface area contributed by atoms with Gasteiger partial charge in [-0.15, -0.1) is 0 Å². The van der Waals surface area contributed by atoms with E-state index in [1.54, 1.807) is 11.0 Å². The number of urea groups is 1. The van der Waals surface area contributed by atoms with E-state index in [0.29, 0.717) is 6.54 Å². The van der Waals surface area contributed by atoms with Crippen LogP contribution in [0.5, 0.6) is 0 Å². The lowest BCUT2D eigenvalue weighted by Gasteiger charge is -2.39. The summed E-state index contributed by atoms with van der Waals surface area (Å²) in [6.07, 6.45) is 5.06. The zero-order chi connectivity index (χ0) is 16.0. The third kappa shape index (κ3) is 2.42. The number of anilines is 1. The van der Waals surface area contributed by atoms with Crippen LogP contribution < -0.4 is 10.2 Å². The molecule has 1 aromatic rings. The summed E-state index contributed by atoms with van der Waals surface area (Å²) in [5.41, 5.74) is 1.41. The molecule has 0 bridgehead atoms. The molecule has 0 radical (unpaired) electrons. The number of halogens is 1. The molecule has 1 spiro atoms. The predicted octanol–water partition coefficient (Wildman–Crippen LogP) is 2.87. The molecule has 1 saturated carbocycles. The second-order valence-corrected chi connectivity index (χ2v) is 7.38. The molecular weight excluding hydrogens is 293 g/mol. The van der Waals surface area contributed by atoms with Crippen molar-refractivity contribution in [1.29, 1.82) is 0 Å². The summed E-state index contributed by atoms with van der Waals surface area (Å²) in [4.78, 5) is 16.8. The number of hydrogen-bond donors (Lipinski definition) is 1. The third-order valence-corrected chi connectivity index (χ3v) is 5.88. The van der Waals surface area contributed by atoms with Crippen molar-refractivity contribution in [1.82, 2.24) is 10.2 Å². The number of benzene rings is 1. The normalized spacial score (nSPS) is 23.7. The topological polar surface area (TPSA) is 35.6 Å². The fourth-order valence-corrected chi connectivity index (χ4v) is 4.33. The van der Waals surface area contributed by atoms with Gasteiger partial charge in [-0.2, -0.15) is 0 Å². The van der Waals surface area contributed by atoms with Crippen LogP contribution in [0.15, 0.2) is 18.2 Å². The molecule has 1 N–H and O–H groups in total. The Morgan fingerprint density at radius 3 is 2.70 bits per heavy atom. The molecule has 0 atom stereocenters. The summed E-state index contributed by atoms with van der Waals surface area (Å²) in [6.45, 7) is 2.65. The maximum Gasteiger partial charge on any atom is 0.322 e. The summed E-state index contributed by atoms with van der Waals surface area (Å²) in [5, 5.41) is 3.17. The Bertz CT molecular complexity index is 621. The smallest absolute Gasteiger partial charge is 0.322 e. The zero-order valence-electron chi connectivity index (χ0n) is 13.6. The molecule has 2 aliphatic heterocycles. The van der Waals surface area contributed by atoms with Gasteiger partial charge in [0.1, 0.15) is 5.82 Å². The molecule has 23 heavy (non-hydrogen) atoms. The number of amides is 2. The Morgan fingerprint density at radius 1 is 1.30 bits per heavy atom. The van der Waals surface area contributed by atoms with Gasteiger partial charge in [-0.3, -0.25) is 4.90 Å². The van der Waals surface area contributed by atoms with E-state index in [9.17, 15) is 9.18 Å². The Hall–Kier alpha value is -1.62. The molecule has 1 aliphatic carbocycles. The van der Waals surface area contributed by atoms with Crippen molar-refractivity contribution in [3.05, 3.63) is 29.6 Å². The van der Waals surface area contributed by atoms with Gasteiger partial charge in [0.05, 0.1) is 5.69 Å². The molecule has 124 valence electrons. The largest absolute Gasteiger partial charge is 0.335 e. The maximum atomic E-state index is 14.4. The van der Waals surface area contributed by atoms with Crippen LogP contribution in [0, 0.1) is 5.82 Å². The lowest BCUT2D eigenvalue weighted by molar-refractivity contribution is 0.213. The number of carbonyl (C=O) groups excluding carboxylic acids is 1. The van der Waals surface area contributed by atoms with Crippen LogP contribution in [0.4, 0.5) is 14.9 Å². The molecule has 4 rings (SSSR count). The number of nitrogens with zero attached hydrogens (tertiary/aromatic N) is 2. The second kappa shape index (κ2) is 5.48. The van der Waals surface area contributed by atoms with Crippen molar-refractivity contribution >= 4 is 11.7 Å². The van der Waals surface area contributed by atoms with Crippen molar-refractivity contribution in [2.24, 2.45) is 0 Å². The fraction of sp³-hybridized carbons (Fsp3) is 0.611. The minimum absolute atomic E-state index is 0.0600. The minimum atomic E-state index is -0.156. The van der Waals surface area contributed by atoms with E-state index in [1.807, 2.05) is 6.07 Å². The minimum Gasteiger partial charge on any atom is -0.335 e. The molecule has 1 aromatic carbocycles. The SMILES string of the molecule is CN1CCC(NC(=O)N2CC3(CCC3)c3c(F)cccc32)CC1. The summed E-state index contributed by atoms with van der Waals surface area (Å²) >= 11 is 0. The van der Waals surface area contributed by atoms with Crippen LogP contribution in [0.25, 0.3) is 0 Å². The number of piperidine rings is 1. The fourth-order valence-electron chi connectivity index (χ4n) is 4.33. The van der Waals surface area contributed by atoms with Crippen molar-refractivity contribution < 1.29 is 9.18 Å². The molecule has 0 unspecified atom stereocenters. The van der Waals surface area contributed by atoms with E-state index in [1.165, 1.54) is 6.07 Å². The maximum absolute atomic E-state index is 14.4. The van der Waals surface area contributed by atoms with Gasteiger partial charge in [0.25, 0.3) is 0 Å². The van der Waals surface area contributed by atoms with Gasteiger partial charge in [-0.1, -0.05) is 12.5 Å². The molecule has 2 heterocycles. The second-order valence-electron chi connectivity index (χ2n) is 7.38. The average Bonchev–Trinajstić information content (AvgIpc) is 2.87. The summed E-state index contributed by atoms with van der Waals surface area (Å²) in [7, 11) is 2.11. The number of nitrogens with one attached hydrogen (secondary N) is 1. The van der Waals surface area contributed by atoms with Crippen LogP contribution in [-0.2, 0) is 5.41 Å². The Labute approximate surface area is 136 Å². The van der Waals surface area contributed by atoms with Gasteiger partial charge < -0.3 is 10.2 Å². The van der Waals surface area contributed by atoms with Gasteiger partial charge >= 0.3 is 6.03 Å². The van der Waals surface area contributed by atoms with E-state index in [0.717, 1.165) is 56.4 Å². The Kier molecular flexibility index (Phi) is 3.56. The van der Waals surface area contributed by atoms with Gasteiger partial charge in [0.2, 0.25) is 0 Å². The van der Waals surface area contributed by atoms with E-state index in [4.69, 9.17) is 0 Å². The van der Waals surface area contributed by atoms with Crippen molar-refractivity contribution in [2.75, 3.05) is 31.6 Å². The lowest BCUT2D eigenvalue weighted by atomic mass is 9.65. The van der Waals surface area contributed by atoms with Crippen molar-refractivity contribution in [2.45, 2.75) is 43.6 Å². The lowest BCUT2D eigenvalue weighted by Crippen LogP contribution is -2.50. The molecule has 0 aromatic heterocycles. The third-order valence-electron chi connectivity index (χ3n) is 5.88. The van der Waals surface area contributed by atoms with E-state index >= 15 is 0 Å². The van der Waals surface area contributed by atoms with Crippen LogP contribution in [0.2, 0.25) is 0 Å². The number of fused-ring (bicyclic) bond motifs is 2. The zero-order valence-corrected chi connectivity index (χ0v) is 13.6. The number of rotatable bonds is 1. The molecule has 3 aliphatic rings. The van der Waals surface area contributed by atoms with Gasteiger partial charge in [-0.25, -0.2) is 9.18 Å². The van der Waals surface area contributed by atoms with E-state index in [2.05, 4.69) is 17.3 Å². The quantitative estimate of drug-likeness (QED) is 0.864. The molecule has 4 nitrogen and oxygen atoms in total. The highest BCUT2D eigenvalue weighted by Gasteiger charge is 2.50. The van der Waals surface area contributed by atoms with Crippen LogP contribution in [-0.4, -0.2) is 43.7 Å². The van der Waals surface area contributed by atoms with Crippen LogP contribution in [0.3, 0.4) is 0 Å². The molecule has 2 fully saturated rings. The first-order chi connectivity index (χ1) is 11.1. The first kappa shape index (κ1) is 14.9. The van der Waals surface area contributed by atoms with E-state index < -0.39 is 0 Å². The van der Waals surface area contributed by atoms with Gasteiger partial charge in [0.15, 0.2) is 0 Å². The predicted molar refractivity (Wildman–Crippen MR) is 88.3 cm³/mol. The van der Waals surface area contributed by atoms with Gasteiger partial charge in [-0.05, 0) is 58.0 Å². The highest BCUT2D eigenvalue weighted by atomic mass is 19.1. The average molecular weight is 317 g/mol. The summed E-state index contributed by atoms with van der Waals surface area (Å²) < 4.78 is 14.4. The summed E-state index contributed by atoms with van der Waals surface area (Å²) in [5.74, 6) is -0.156. The van der Waals surface area contributed by atoms with Gasteiger partial charge in [0, 0.05) is 23.6 Å². The summed E-state index contributed by atoms with van der Waals surface area (Å²) in [6, 6.07) is 5.29. The standard InChI is InChI=1S/C18H24FN3O/c1-21-10-6-13(7-11-21)20-17(23)22-12-18(8-3-9-18)16-14(19)4-2-5-15(16)22/h2,4-5,13H,3,6-12H2,1H3,(H,20,23). The first-order valence-corrected chi connectivity index (χ1v) is 8.65. The van der Waals surface area contributed by atoms with E-state index in [-0.39, 0.29) is 23.3 Å². The Morgan fingerprint density at radius 2 is 2.04 bits per heavy atom. The van der Waals surface area contributed by atoms with Crippen molar-refractivity contribution in [3.8, 4) is 0 Å². The highest BCUT2D eigenvalue weighted by molar-refractivity contribution is 5.95. The van der Waals surface area contributed by atoms with Crippen LogP contribution >= 0.6 is 0 Å². The molecule has 2 amide bonds. The first-order valence-electron chi connectivity index (χ1n) is 8.65. The highest BCUT2D eigenvalue weighted by Crippen LogP contribution is 2.53. The molecule has 1 saturated heterocycles. The number of hydrogen-bond acceptors (Lipinski definition) is 2. The van der Waals surface area contributed by atoms with Crippen molar-refractivity contribution in [3.63, 3.8) is 0 Å². The number of carbonyl (C=O) groups is 1. The number of likely N-dealkylation sites (tertiary alicyclic amines) is 1. The molecular formula is C18H24FN3O. The monoisotopic (exact) mass is 317 g/mol. The Balaban J connectivity index is 1.54.